The number of nitrogens with one attached hydrogen (secondary N) is 1. The van der Waals surface area contributed by atoms with Crippen LogP contribution in [0.4, 0.5) is 19.0 Å². The molecule has 0 fully saturated rings. The highest BCUT2D eigenvalue weighted by atomic mass is 19.4. The number of hydrogen-bond acceptors (Lipinski definition) is 5. The Bertz CT molecular complexity index is 961. The Labute approximate surface area is 177 Å². The van der Waals surface area contributed by atoms with E-state index in [9.17, 15) is 22.8 Å². The molecule has 3 rings (SSSR count). The Morgan fingerprint density at radius 2 is 2.00 bits per heavy atom. The molecule has 0 saturated carbocycles. The number of rotatable bonds is 7. The summed E-state index contributed by atoms with van der Waals surface area (Å²) < 4.78 is 41.6. The second kappa shape index (κ2) is 8.91. The zero-order chi connectivity index (χ0) is 22.8. The number of alkyl halides is 3. The van der Waals surface area contributed by atoms with Gasteiger partial charge in [0, 0.05) is 35.5 Å². The summed E-state index contributed by atoms with van der Waals surface area (Å²) >= 11 is 0. The number of fused-ring (bicyclic) bond motifs is 1. The van der Waals surface area contributed by atoms with E-state index in [4.69, 9.17) is 0 Å². The van der Waals surface area contributed by atoms with Gasteiger partial charge in [-0.15, -0.1) is 0 Å². The lowest BCUT2D eigenvalue weighted by Gasteiger charge is -2.27. The maximum atomic E-state index is 13.0. The van der Waals surface area contributed by atoms with Gasteiger partial charge in [0.2, 0.25) is 11.8 Å². The zero-order valence-corrected chi connectivity index (χ0v) is 17.4. The molecule has 2 amide bonds. The van der Waals surface area contributed by atoms with Gasteiger partial charge in [0.1, 0.15) is 5.82 Å². The predicted molar refractivity (Wildman–Crippen MR) is 106 cm³/mol. The normalized spacial score (nSPS) is 14.5. The first kappa shape index (κ1) is 22.5. The molecule has 2 aromatic heterocycles. The van der Waals surface area contributed by atoms with E-state index >= 15 is 0 Å². The van der Waals surface area contributed by atoms with Crippen molar-refractivity contribution >= 4 is 17.6 Å². The number of halogens is 3. The molecule has 2 aromatic rings. The minimum Gasteiger partial charge on any atom is -0.468 e. The number of hydrogen-bond donors (Lipinski definition) is 1. The van der Waals surface area contributed by atoms with Gasteiger partial charge in [-0.1, -0.05) is 26.8 Å². The van der Waals surface area contributed by atoms with Gasteiger partial charge in [0.25, 0.3) is 5.91 Å². The van der Waals surface area contributed by atoms with Crippen molar-refractivity contribution in [3.05, 3.63) is 47.3 Å². The summed E-state index contributed by atoms with van der Waals surface area (Å²) in [4.78, 5) is 34.9. The summed E-state index contributed by atoms with van der Waals surface area (Å²) in [6.07, 6.45) is -0.997. The highest BCUT2D eigenvalue weighted by Gasteiger charge is 2.35. The molecule has 0 radical (unpaired) electrons. The van der Waals surface area contributed by atoms with E-state index < -0.39 is 12.8 Å². The molecular weight excluding hydrogens is 413 g/mol. The molecule has 1 aliphatic heterocycles. The van der Waals surface area contributed by atoms with Crippen LogP contribution in [0.5, 0.6) is 5.88 Å². The fraction of sp³-hybridized carbons (Fsp3) is 0.429. The summed E-state index contributed by atoms with van der Waals surface area (Å²) in [5, 5.41) is 2.76. The van der Waals surface area contributed by atoms with E-state index in [0.717, 1.165) is 0 Å². The number of nitrogens with zero attached hydrogens (tertiary/aromatic N) is 3. The predicted octanol–water partition coefficient (Wildman–Crippen LogP) is 4.12. The van der Waals surface area contributed by atoms with Crippen molar-refractivity contribution in [2.45, 2.75) is 46.0 Å². The molecule has 1 N–H and O–H groups in total. The minimum atomic E-state index is -4.45. The number of carbonyl (C=O) groups excluding carboxylic acids is 2. The van der Waals surface area contributed by atoms with Gasteiger partial charge in [-0.3, -0.25) is 9.59 Å². The average molecular weight is 436 g/mol. The van der Waals surface area contributed by atoms with E-state index in [1.807, 2.05) is 6.92 Å². The lowest BCUT2D eigenvalue weighted by atomic mass is 10.1. The summed E-state index contributed by atoms with van der Waals surface area (Å²) in [6.45, 7) is 4.25. The van der Waals surface area contributed by atoms with Gasteiger partial charge in [0.15, 0.2) is 6.61 Å². The van der Waals surface area contributed by atoms with Crippen LogP contribution in [0.2, 0.25) is 0 Å². The van der Waals surface area contributed by atoms with Crippen molar-refractivity contribution in [3.63, 3.8) is 0 Å². The fourth-order valence-corrected chi connectivity index (χ4v) is 3.34. The van der Waals surface area contributed by atoms with E-state index in [0.29, 0.717) is 28.9 Å². The number of aromatic nitrogens is 2. The highest BCUT2D eigenvalue weighted by Crippen LogP contribution is 2.36. The molecule has 0 aromatic carbocycles. The second-order valence-corrected chi connectivity index (χ2v) is 7.52. The highest BCUT2D eigenvalue weighted by molar-refractivity contribution is 6.01. The van der Waals surface area contributed by atoms with Gasteiger partial charge < -0.3 is 15.0 Å². The third-order valence-corrected chi connectivity index (χ3v) is 4.93. The number of ether oxygens (including phenoxy) is 1. The summed E-state index contributed by atoms with van der Waals surface area (Å²) in [7, 11) is 0. The standard InChI is InChI=1S/C21H23F3N4O3/c1-4-16(13-5-6-17(26-9-13)31-11-21(22,23)24)28-10-15-14(20(28)30)7-8-25-18(15)27-19(29)12(2)3/h5-9,12,16H,4,10-11H2,1-3H3,(H,25,27,29). The Morgan fingerprint density at radius 3 is 2.58 bits per heavy atom. The van der Waals surface area contributed by atoms with Crippen LogP contribution in [0, 0.1) is 5.92 Å². The summed E-state index contributed by atoms with van der Waals surface area (Å²) in [5.41, 5.74) is 1.77. The van der Waals surface area contributed by atoms with Crippen molar-refractivity contribution < 1.29 is 27.5 Å². The van der Waals surface area contributed by atoms with Gasteiger partial charge in [-0.25, -0.2) is 9.97 Å². The van der Waals surface area contributed by atoms with Crippen LogP contribution in [0.1, 0.15) is 54.7 Å². The molecule has 1 atom stereocenters. The third kappa shape index (κ3) is 5.12. The van der Waals surface area contributed by atoms with Crippen molar-refractivity contribution in [1.82, 2.24) is 14.9 Å². The Morgan fingerprint density at radius 1 is 1.26 bits per heavy atom. The van der Waals surface area contributed by atoms with Crippen molar-refractivity contribution in [1.29, 1.82) is 0 Å². The quantitative estimate of drug-likeness (QED) is 0.706. The van der Waals surface area contributed by atoms with E-state index in [2.05, 4.69) is 20.0 Å². The van der Waals surface area contributed by atoms with Crippen molar-refractivity contribution in [2.24, 2.45) is 5.92 Å². The van der Waals surface area contributed by atoms with Crippen LogP contribution in [0.25, 0.3) is 0 Å². The minimum absolute atomic E-state index is 0.144. The zero-order valence-electron chi connectivity index (χ0n) is 17.4. The molecule has 10 heteroatoms. The van der Waals surface area contributed by atoms with Gasteiger partial charge in [-0.05, 0) is 18.1 Å². The van der Waals surface area contributed by atoms with Crippen LogP contribution >= 0.6 is 0 Å². The van der Waals surface area contributed by atoms with Crippen LogP contribution in [-0.2, 0) is 11.3 Å². The molecule has 166 valence electrons. The molecule has 7 nitrogen and oxygen atoms in total. The molecule has 1 aliphatic rings. The van der Waals surface area contributed by atoms with Gasteiger partial charge in [0.05, 0.1) is 12.6 Å². The largest absolute Gasteiger partial charge is 0.468 e. The Kier molecular flexibility index (Phi) is 6.47. The van der Waals surface area contributed by atoms with Gasteiger partial charge >= 0.3 is 6.18 Å². The molecule has 0 bridgehead atoms. The molecule has 0 aliphatic carbocycles. The molecule has 1 unspecified atom stereocenters. The number of anilines is 1. The van der Waals surface area contributed by atoms with E-state index in [1.54, 1.807) is 30.9 Å². The lowest BCUT2D eigenvalue weighted by molar-refractivity contribution is -0.154. The smallest absolute Gasteiger partial charge is 0.422 e. The van der Waals surface area contributed by atoms with Crippen LogP contribution < -0.4 is 10.1 Å². The van der Waals surface area contributed by atoms with Crippen molar-refractivity contribution in [3.8, 4) is 5.88 Å². The lowest BCUT2D eigenvalue weighted by Crippen LogP contribution is -2.29. The maximum absolute atomic E-state index is 13.0. The molecule has 31 heavy (non-hydrogen) atoms. The summed E-state index contributed by atoms with van der Waals surface area (Å²) in [5.74, 6) is -0.427. The van der Waals surface area contributed by atoms with Crippen LogP contribution in [0.3, 0.4) is 0 Å². The third-order valence-electron chi connectivity index (χ3n) is 4.93. The van der Waals surface area contributed by atoms with E-state index in [1.165, 1.54) is 18.5 Å². The molecular formula is C21H23F3N4O3. The SMILES string of the molecule is CCC(c1ccc(OCC(F)(F)F)nc1)N1Cc2c(ccnc2NC(=O)C(C)C)C1=O. The van der Waals surface area contributed by atoms with Crippen LogP contribution in [0.15, 0.2) is 30.6 Å². The first-order valence-electron chi connectivity index (χ1n) is 9.86. The molecule has 0 saturated heterocycles. The monoisotopic (exact) mass is 436 g/mol. The Hall–Kier alpha value is -3.17. The molecule has 0 spiro atoms. The van der Waals surface area contributed by atoms with E-state index in [-0.39, 0.29) is 36.2 Å². The number of amides is 2. The number of carbonyl (C=O) groups is 2. The van der Waals surface area contributed by atoms with Gasteiger partial charge in [-0.2, -0.15) is 13.2 Å². The second-order valence-electron chi connectivity index (χ2n) is 7.52. The van der Waals surface area contributed by atoms with Crippen molar-refractivity contribution in [2.75, 3.05) is 11.9 Å². The first-order chi connectivity index (χ1) is 14.6. The first-order valence-corrected chi connectivity index (χ1v) is 9.86. The average Bonchev–Trinajstić information content (AvgIpc) is 3.05. The Balaban J connectivity index is 1.79. The summed E-state index contributed by atoms with van der Waals surface area (Å²) in [6, 6.07) is 4.22. The molecule has 3 heterocycles. The van der Waals surface area contributed by atoms with Crippen LogP contribution in [-0.4, -0.2) is 39.5 Å². The number of pyridine rings is 2. The maximum Gasteiger partial charge on any atom is 0.422 e. The fourth-order valence-electron chi connectivity index (χ4n) is 3.34. The topological polar surface area (TPSA) is 84.4 Å².